The van der Waals surface area contributed by atoms with Crippen LogP contribution < -0.4 is 0 Å². The minimum absolute atomic E-state index is 0.0704. The highest BCUT2D eigenvalue weighted by Gasteiger charge is 2.22. The number of nitrogens with zero attached hydrogens (tertiary/aromatic N) is 1. The first-order valence-corrected chi connectivity index (χ1v) is 6.38. The maximum atomic E-state index is 11.6. The molecule has 0 aliphatic rings. The molecule has 0 saturated heterocycles. The van der Waals surface area contributed by atoms with Crippen LogP contribution in [0.15, 0.2) is 48.0 Å². The number of aldehydes is 1. The highest BCUT2D eigenvalue weighted by Crippen LogP contribution is 2.30. The Bertz CT molecular complexity index is 581. The van der Waals surface area contributed by atoms with Crippen LogP contribution >= 0.6 is 11.3 Å². The monoisotopic (exact) mass is 259 g/mol. The Labute approximate surface area is 109 Å². The van der Waals surface area contributed by atoms with Crippen LogP contribution in [-0.4, -0.2) is 16.6 Å². The van der Waals surface area contributed by atoms with Gasteiger partial charge in [0.05, 0.1) is 11.7 Å². The van der Waals surface area contributed by atoms with Crippen molar-refractivity contribution < 1.29 is 9.59 Å². The molecule has 0 aromatic carbocycles. The van der Waals surface area contributed by atoms with Crippen LogP contribution in [0.3, 0.4) is 0 Å². The molecule has 2 aromatic heterocycles. The minimum Gasteiger partial charge on any atom is -0.333 e. The lowest BCUT2D eigenvalue weighted by atomic mass is 10.0. The summed E-state index contributed by atoms with van der Waals surface area (Å²) in [6.07, 6.45) is 2.58. The van der Waals surface area contributed by atoms with Crippen molar-refractivity contribution in [2.24, 2.45) is 0 Å². The molecule has 0 saturated carbocycles. The van der Waals surface area contributed by atoms with Crippen molar-refractivity contribution in [3.63, 3.8) is 0 Å². The highest BCUT2D eigenvalue weighted by molar-refractivity contribution is 7.10. The molecule has 0 radical (unpaired) electrons. The summed E-state index contributed by atoms with van der Waals surface area (Å²) in [6, 6.07) is 7.08. The fourth-order valence-electron chi connectivity index (χ4n) is 1.86. The summed E-state index contributed by atoms with van der Waals surface area (Å²) >= 11 is 1.54. The van der Waals surface area contributed by atoms with Gasteiger partial charge in [-0.05, 0) is 30.5 Å². The van der Waals surface area contributed by atoms with Gasteiger partial charge in [-0.3, -0.25) is 9.59 Å². The maximum Gasteiger partial charge on any atom is 0.166 e. The third-order valence-electron chi connectivity index (χ3n) is 2.81. The van der Waals surface area contributed by atoms with E-state index < -0.39 is 0 Å². The largest absolute Gasteiger partial charge is 0.333 e. The number of carbonyl (C=O) groups excluding carboxylic acids is 2. The molecule has 0 bridgehead atoms. The van der Waals surface area contributed by atoms with E-state index in [1.807, 2.05) is 17.5 Å². The smallest absolute Gasteiger partial charge is 0.166 e. The van der Waals surface area contributed by atoms with Crippen LogP contribution in [0, 0.1) is 0 Å². The summed E-state index contributed by atoms with van der Waals surface area (Å²) in [6.45, 7) is 5.36. The topological polar surface area (TPSA) is 39.1 Å². The normalized spacial score (nSPS) is 12.1. The maximum absolute atomic E-state index is 11.6. The molecule has 0 fully saturated rings. The molecule has 0 amide bonds. The van der Waals surface area contributed by atoms with Crippen molar-refractivity contribution in [3.8, 4) is 0 Å². The number of aromatic nitrogens is 1. The summed E-state index contributed by atoms with van der Waals surface area (Å²) in [4.78, 5) is 23.6. The molecule has 0 N–H and O–H groups in total. The summed E-state index contributed by atoms with van der Waals surface area (Å²) < 4.78 is 1.78. The molecule has 0 aliphatic carbocycles. The molecule has 0 spiro atoms. The van der Waals surface area contributed by atoms with Crippen molar-refractivity contribution >= 4 is 23.4 Å². The van der Waals surface area contributed by atoms with E-state index in [1.54, 1.807) is 34.2 Å². The predicted octanol–water partition coefficient (Wildman–Crippen LogP) is 3.10. The molecule has 0 aliphatic heterocycles. The predicted molar refractivity (Wildman–Crippen MR) is 72.1 cm³/mol. The zero-order chi connectivity index (χ0) is 13.1. The van der Waals surface area contributed by atoms with Crippen molar-refractivity contribution in [2.45, 2.75) is 13.0 Å². The summed E-state index contributed by atoms with van der Waals surface area (Å²) in [5.74, 6) is -0.0704. The Kier molecular flexibility index (Phi) is 3.58. The molecule has 4 heteroatoms. The molecule has 92 valence electrons. The molecule has 1 atom stereocenters. The average molecular weight is 259 g/mol. The number of rotatable bonds is 5. The minimum atomic E-state index is -0.294. The Balaban J connectivity index is 2.53. The molecule has 2 heterocycles. The van der Waals surface area contributed by atoms with E-state index in [0.29, 0.717) is 11.3 Å². The average Bonchev–Trinajstić information content (AvgIpc) is 3.00. The summed E-state index contributed by atoms with van der Waals surface area (Å²) in [7, 11) is 0. The third kappa shape index (κ3) is 2.19. The van der Waals surface area contributed by atoms with Gasteiger partial charge in [-0.25, -0.2) is 0 Å². The molecular weight excluding hydrogens is 246 g/mol. The van der Waals surface area contributed by atoms with Crippen LogP contribution in [0.5, 0.6) is 0 Å². The van der Waals surface area contributed by atoms with Gasteiger partial charge in [0, 0.05) is 16.6 Å². The Morgan fingerprint density at radius 2 is 2.22 bits per heavy atom. The van der Waals surface area contributed by atoms with E-state index in [2.05, 4.69) is 6.58 Å². The summed E-state index contributed by atoms with van der Waals surface area (Å²) in [5.41, 5.74) is 1.02. The zero-order valence-corrected chi connectivity index (χ0v) is 10.8. The van der Waals surface area contributed by atoms with Gasteiger partial charge in [-0.1, -0.05) is 12.6 Å². The third-order valence-corrected chi connectivity index (χ3v) is 3.73. The molecular formula is C14H13NO2S. The number of hydrogen-bond donors (Lipinski definition) is 0. The first-order valence-electron chi connectivity index (χ1n) is 5.50. The fraction of sp³-hybridized carbons (Fsp3) is 0.143. The van der Waals surface area contributed by atoms with E-state index >= 15 is 0 Å². The zero-order valence-electron chi connectivity index (χ0n) is 10.00. The molecule has 18 heavy (non-hydrogen) atoms. The van der Waals surface area contributed by atoms with E-state index in [1.165, 1.54) is 6.92 Å². The number of Topliss-reactive ketones (excluding diaryl/α,β-unsaturated/α-hetero) is 1. The van der Waals surface area contributed by atoms with Crippen LogP contribution in [0.1, 0.15) is 28.3 Å². The highest BCUT2D eigenvalue weighted by atomic mass is 32.1. The van der Waals surface area contributed by atoms with Crippen LogP contribution in [0.25, 0.3) is 0 Å². The van der Waals surface area contributed by atoms with Gasteiger partial charge < -0.3 is 4.57 Å². The lowest BCUT2D eigenvalue weighted by Gasteiger charge is -2.20. The van der Waals surface area contributed by atoms with Gasteiger partial charge in [-0.2, -0.15) is 0 Å². The van der Waals surface area contributed by atoms with Crippen LogP contribution in [0.4, 0.5) is 0 Å². The number of thiophene rings is 1. The fourth-order valence-corrected chi connectivity index (χ4v) is 2.71. The van der Waals surface area contributed by atoms with Gasteiger partial charge in [-0.15, -0.1) is 11.3 Å². The number of ketones is 1. The van der Waals surface area contributed by atoms with E-state index in [9.17, 15) is 9.59 Å². The van der Waals surface area contributed by atoms with Crippen molar-refractivity contribution in [2.75, 3.05) is 0 Å². The quantitative estimate of drug-likeness (QED) is 0.611. The molecule has 3 nitrogen and oxygen atoms in total. The standard InChI is InChI=1S/C14H13NO2S/c1-10(11(2)17)14(13-6-4-8-18-13)15-7-3-5-12(15)9-16/h3-9,14H,1H2,2H3. The first kappa shape index (κ1) is 12.5. The van der Waals surface area contributed by atoms with E-state index in [4.69, 9.17) is 0 Å². The van der Waals surface area contributed by atoms with E-state index in [-0.39, 0.29) is 11.8 Å². The summed E-state index contributed by atoms with van der Waals surface area (Å²) in [5, 5.41) is 1.94. The molecule has 2 aromatic rings. The van der Waals surface area contributed by atoms with Crippen LogP contribution in [0.2, 0.25) is 0 Å². The van der Waals surface area contributed by atoms with Gasteiger partial charge in [0.25, 0.3) is 0 Å². The van der Waals surface area contributed by atoms with Crippen molar-refractivity contribution in [3.05, 3.63) is 58.6 Å². The van der Waals surface area contributed by atoms with Gasteiger partial charge >= 0.3 is 0 Å². The lowest BCUT2D eigenvalue weighted by molar-refractivity contribution is -0.113. The number of carbonyl (C=O) groups is 2. The van der Waals surface area contributed by atoms with Gasteiger partial charge in [0.15, 0.2) is 12.1 Å². The Morgan fingerprint density at radius 3 is 2.78 bits per heavy atom. The van der Waals surface area contributed by atoms with Crippen molar-refractivity contribution in [1.29, 1.82) is 0 Å². The van der Waals surface area contributed by atoms with Crippen molar-refractivity contribution in [1.82, 2.24) is 4.57 Å². The Morgan fingerprint density at radius 1 is 1.44 bits per heavy atom. The van der Waals surface area contributed by atoms with Gasteiger partial charge in [0.2, 0.25) is 0 Å². The molecule has 2 rings (SSSR count). The second kappa shape index (κ2) is 5.14. The molecule has 1 unspecified atom stereocenters. The second-order valence-corrected chi connectivity index (χ2v) is 4.94. The number of hydrogen-bond acceptors (Lipinski definition) is 3. The SMILES string of the molecule is C=C(C(C)=O)C(c1cccs1)n1cccc1C=O. The number of allylic oxidation sites excluding steroid dienone is 1. The van der Waals surface area contributed by atoms with E-state index in [0.717, 1.165) is 11.2 Å². The lowest BCUT2D eigenvalue weighted by Crippen LogP contribution is -2.17. The first-order chi connectivity index (χ1) is 8.65. The van der Waals surface area contributed by atoms with Gasteiger partial charge in [0.1, 0.15) is 0 Å². The Hall–Kier alpha value is -1.94. The van der Waals surface area contributed by atoms with Crippen LogP contribution in [-0.2, 0) is 4.79 Å². The second-order valence-electron chi connectivity index (χ2n) is 3.96.